The molecule has 0 bridgehead atoms. The highest BCUT2D eigenvalue weighted by atomic mass is 32.2. The average Bonchev–Trinajstić information content (AvgIpc) is 3.30. The molecule has 1 aromatic carbocycles. The quantitative estimate of drug-likeness (QED) is 0.280. The molecule has 3 rings (SSSR count). The Morgan fingerprint density at radius 2 is 1.77 bits per heavy atom. The topological polar surface area (TPSA) is 168 Å². The minimum absolute atomic E-state index is 0.00877. The van der Waals surface area contributed by atoms with Crippen LogP contribution in [0, 0.1) is 11.8 Å². The summed E-state index contributed by atoms with van der Waals surface area (Å²) in [6, 6.07) is 6.66. The molecule has 4 N–H and O–H groups in total. The summed E-state index contributed by atoms with van der Waals surface area (Å²) in [5.74, 6) is -1.71. The third-order valence-electron chi connectivity index (χ3n) is 7.46. The van der Waals surface area contributed by atoms with Crippen LogP contribution in [-0.2, 0) is 26.3 Å². The molecular weight excluding hydrogens is 524 g/mol. The van der Waals surface area contributed by atoms with E-state index in [9.17, 15) is 32.5 Å². The summed E-state index contributed by atoms with van der Waals surface area (Å²) in [5.41, 5.74) is -1.47. The van der Waals surface area contributed by atoms with E-state index in [1.165, 1.54) is 0 Å². The van der Waals surface area contributed by atoms with Crippen LogP contribution in [0.1, 0.15) is 70.8 Å². The Morgan fingerprint density at radius 3 is 2.33 bits per heavy atom. The molecule has 1 unspecified atom stereocenters. The van der Waals surface area contributed by atoms with Gasteiger partial charge >= 0.3 is 6.03 Å². The molecular formula is C27H41N4O7S-. The number of nitrogens with one attached hydrogen (secondary N) is 3. The van der Waals surface area contributed by atoms with E-state index in [0.717, 1.165) is 37.7 Å². The zero-order valence-corrected chi connectivity index (χ0v) is 23.5. The van der Waals surface area contributed by atoms with E-state index in [-0.39, 0.29) is 30.7 Å². The van der Waals surface area contributed by atoms with Gasteiger partial charge in [-0.1, -0.05) is 63.4 Å². The second-order valence-electron chi connectivity index (χ2n) is 11.0. The van der Waals surface area contributed by atoms with Gasteiger partial charge in [-0.3, -0.25) is 9.59 Å². The summed E-state index contributed by atoms with van der Waals surface area (Å²) < 4.78 is 34.9. The fraction of sp³-hybridized carbons (Fsp3) is 0.667. The van der Waals surface area contributed by atoms with Gasteiger partial charge in [0, 0.05) is 25.0 Å². The summed E-state index contributed by atoms with van der Waals surface area (Å²) in [5, 5.41) is 18.2. The highest BCUT2D eigenvalue weighted by Crippen LogP contribution is 2.25. The number of nitrogens with zero attached hydrogens (tertiary/aromatic N) is 1. The fourth-order valence-corrected chi connectivity index (χ4v) is 5.96. The molecule has 1 aliphatic heterocycles. The molecule has 1 saturated heterocycles. The lowest BCUT2D eigenvalue weighted by molar-refractivity contribution is -0.126. The largest absolute Gasteiger partial charge is 0.746 e. The van der Waals surface area contributed by atoms with Gasteiger partial charge < -0.3 is 30.5 Å². The van der Waals surface area contributed by atoms with Crippen molar-refractivity contribution in [3.05, 3.63) is 35.9 Å². The van der Waals surface area contributed by atoms with Crippen LogP contribution in [0.15, 0.2) is 30.3 Å². The molecule has 4 amide bonds. The third kappa shape index (κ3) is 9.18. The maximum atomic E-state index is 13.6. The van der Waals surface area contributed by atoms with Crippen molar-refractivity contribution in [2.75, 3.05) is 6.54 Å². The Balaban J connectivity index is 1.79. The zero-order valence-electron chi connectivity index (χ0n) is 22.7. The summed E-state index contributed by atoms with van der Waals surface area (Å²) >= 11 is 0. The monoisotopic (exact) mass is 565 g/mol. The number of benzene rings is 1. The first-order valence-electron chi connectivity index (χ1n) is 13.8. The normalized spacial score (nSPS) is 20.6. The first kappa shape index (κ1) is 30.8. The van der Waals surface area contributed by atoms with E-state index in [2.05, 4.69) is 16.0 Å². The molecule has 0 radical (unpaired) electrons. The van der Waals surface area contributed by atoms with E-state index in [1.54, 1.807) is 4.90 Å². The lowest BCUT2D eigenvalue weighted by Crippen LogP contribution is -2.57. The summed E-state index contributed by atoms with van der Waals surface area (Å²) in [7, 11) is -5.18. The lowest BCUT2D eigenvalue weighted by atomic mass is 9.94. The second-order valence-corrected chi connectivity index (χ2v) is 12.5. The van der Waals surface area contributed by atoms with Crippen molar-refractivity contribution in [3.63, 3.8) is 0 Å². The number of rotatable bonds is 12. The van der Waals surface area contributed by atoms with Crippen LogP contribution in [0.5, 0.6) is 0 Å². The Hall–Kier alpha value is -2.70. The predicted octanol–water partition coefficient (Wildman–Crippen LogP) is 1.82. The van der Waals surface area contributed by atoms with Gasteiger partial charge in [0.1, 0.15) is 16.2 Å². The fourth-order valence-electron chi connectivity index (χ4n) is 5.38. The van der Waals surface area contributed by atoms with Crippen LogP contribution in [0.3, 0.4) is 0 Å². The second kappa shape index (κ2) is 14.1. The van der Waals surface area contributed by atoms with Gasteiger partial charge in [0.05, 0.1) is 6.04 Å². The number of hydrogen-bond acceptors (Lipinski definition) is 7. The lowest BCUT2D eigenvalue weighted by Gasteiger charge is -2.36. The minimum Gasteiger partial charge on any atom is -0.746 e. The van der Waals surface area contributed by atoms with Gasteiger partial charge in [-0.05, 0) is 43.6 Å². The molecule has 1 aliphatic carbocycles. The van der Waals surface area contributed by atoms with Gasteiger partial charge in [-0.15, -0.1) is 0 Å². The van der Waals surface area contributed by atoms with E-state index >= 15 is 0 Å². The van der Waals surface area contributed by atoms with Crippen LogP contribution in [0.4, 0.5) is 4.79 Å². The number of hydrogen-bond donors (Lipinski definition) is 4. The summed E-state index contributed by atoms with van der Waals surface area (Å²) in [6.07, 6.45) is 5.28. The molecule has 39 heavy (non-hydrogen) atoms. The molecule has 0 spiro atoms. The van der Waals surface area contributed by atoms with Crippen molar-refractivity contribution in [2.45, 2.75) is 95.3 Å². The van der Waals surface area contributed by atoms with Crippen LogP contribution in [-0.4, -0.2) is 70.9 Å². The van der Waals surface area contributed by atoms with E-state index in [1.807, 2.05) is 44.2 Å². The van der Waals surface area contributed by atoms with Crippen LogP contribution < -0.4 is 16.0 Å². The summed E-state index contributed by atoms with van der Waals surface area (Å²) in [4.78, 5) is 40.9. The smallest absolute Gasteiger partial charge is 0.318 e. The van der Waals surface area contributed by atoms with Gasteiger partial charge in [-0.25, -0.2) is 13.2 Å². The molecule has 4 atom stereocenters. The highest BCUT2D eigenvalue weighted by molar-refractivity contribution is 7.86. The first-order valence-corrected chi connectivity index (χ1v) is 15.2. The molecule has 2 fully saturated rings. The molecule has 12 heteroatoms. The number of carbonyl (C=O) groups is 3. The number of aliphatic hydroxyl groups excluding tert-OH is 1. The van der Waals surface area contributed by atoms with Crippen molar-refractivity contribution in [2.24, 2.45) is 11.8 Å². The Kier molecular flexibility index (Phi) is 11.1. The molecule has 0 aromatic heterocycles. The Labute approximate surface area is 230 Å². The maximum Gasteiger partial charge on any atom is 0.318 e. The highest BCUT2D eigenvalue weighted by Gasteiger charge is 2.36. The van der Waals surface area contributed by atoms with Gasteiger partial charge in [0.25, 0.3) is 0 Å². The van der Waals surface area contributed by atoms with Crippen molar-refractivity contribution < 1.29 is 32.5 Å². The van der Waals surface area contributed by atoms with Crippen molar-refractivity contribution in [3.8, 4) is 0 Å². The number of amides is 4. The zero-order chi connectivity index (χ0) is 28.6. The van der Waals surface area contributed by atoms with Crippen LogP contribution in [0.2, 0.25) is 0 Å². The predicted molar refractivity (Wildman–Crippen MR) is 144 cm³/mol. The third-order valence-corrected chi connectivity index (χ3v) is 8.38. The molecule has 1 saturated carbocycles. The van der Waals surface area contributed by atoms with Gasteiger partial charge in [-0.2, -0.15) is 0 Å². The maximum absolute atomic E-state index is 13.6. The molecule has 1 heterocycles. The van der Waals surface area contributed by atoms with Crippen molar-refractivity contribution >= 4 is 28.0 Å². The van der Waals surface area contributed by atoms with E-state index in [4.69, 9.17) is 0 Å². The molecule has 1 aromatic rings. The molecule has 11 nitrogen and oxygen atoms in total. The summed E-state index contributed by atoms with van der Waals surface area (Å²) in [6.45, 7) is 4.52. The van der Waals surface area contributed by atoms with Gasteiger partial charge in [0.2, 0.25) is 11.8 Å². The minimum atomic E-state index is -5.18. The SMILES string of the molecule is CC(C)C[C@H](NC(=O)N(Cc1ccccc1)C1CCCCC1)C(=O)N[C@@H](C[C@@H]1CCNC1=O)C(O)S(=O)(=O)[O-]. The number of carbonyl (C=O) groups excluding carboxylic acids is 3. The van der Waals surface area contributed by atoms with Crippen molar-refractivity contribution in [1.29, 1.82) is 0 Å². The average molecular weight is 566 g/mol. The van der Waals surface area contributed by atoms with Crippen LogP contribution in [0.25, 0.3) is 0 Å². The Bertz CT molecular complexity index is 1080. The Morgan fingerprint density at radius 1 is 1.10 bits per heavy atom. The number of urea groups is 1. The standard InChI is InChI=1S/C27H42N4O7S/c1-18(2)15-22(25(33)29-23(26(34)39(36,37)38)16-20-13-14-28-24(20)32)30-27(35)31(21-11-7-4-8-12-21)17-19-9-5-3-6-10-19/h3,5-6,9-10,18,20-23,26,34H,4,7-8,11-17H2,1-2H3,(H,28,32)(H,29,33)(H,30,35)(H,36,37,38)/p-1/t20-,22-,23-,26?/m0/s1. The number of aliphatic hydroxyl groups is 1. The van der Waals surface area contributed by atoms with E-state index in [0.29, 0.717) is 19.5 Å². The van der Waals surface area contributed by atoms with Gasteiger partial charge in [0.15, 0.2) is 5.44 Å². The van der Waals surface area contributed by atoms with Crippen LogP contribution >= 0.6 is 0 Å². The molecule has 2 aliphatic rings. The van der Waals surface area contributed by atoms with Crippen molar-refractivity contribution in [1.82, 2.24) is 20.9 Å². The van der Waals surface area contributed by atoms with E-state index < -0.39 is 45.5 Å². The molecule has 218 valence electrons. The first-order chi connectivity index (χ1) is 18.5.